The highest BCUT2D eigenvalue weighted by molar-refractivity contribution is 6.33. The van der Waals surface area contributed by atoms with Gasteiger partial charge in [-0.05, 0) is 30.9 Å². The molecular weight excluding hydrogens is 268 g/mol. The lowest BCUT2D eigenvalue weighted by molar-refractivity contribution is -0.384. The van der Waals surface area contributed by atoms with E-state index in [1.807, 2.05) is 6.92 Å². The minimum atomic E-state index is -0.477. The molecule has 2 rings (SSSR count). The predicted molar refractivity (Wildman–Crippen MR) is 74.8 cm³/mol. The number of nitrogens with zero attached hydrogens (tertiary/aromatic N) is 2. The number of benzene rings is 1. The maximum atomic E-state index is 10.8. The van der Waals surface area contributed by atoms with Crippen molar-refractivity contribution in [1.29, 1.82) is 0 Å². The Morgan fingerprint density at radius 1 is 1.58 bits per heavy atom. The Labute approximate surface area is 116 Å². The number of halogens is 1. The molecule has 0 bridgehead atoms. The van der Waals surface area contributed by atoms with Crippen LogP contribution in [0.4, 0.5) is 11.4 Å². The minimum absolute atomic E-state index is 0.0521. The van der Waals surface area contributed by atoms with E-state index in [0.717, 1.165) is 24.2 Å². The van der Waals surface area contributed by atoms with Crippen molar-refractivity contribution in [3.8, 4) is 0 Å². The number of hydrogen-bond acceptors (Lipinski definition) is 4. The van der Waals surface area contributed by atoms with Crippen molar-refractivity contribution >= 4 is 23.0 Å². The van der Waals surface area contributed by atoms with E-state index < -0.39 is 4.92 Å². The van der Waals surface area contributed by atoms with Crippen LogP contribution in [-0.4, -0.2) is 29.2 Å². The van der Waals surface area contributed by atoms with Crippen molar-refractivity contribution in [2.75, 3.05) is 18.1 Å². The van der Waals surface area contributed by atoms with Crippen molar-refractivity contribution in [3.05, 3.63) is 32.8 Å². The Kier molecular flexibility index (Phi) is 3.96. The fourth-order valence-electron chi connectivity index (χ4n) is 2.69. The molecule has 1 aliphatic heterocycles. The van der Waals surface area contributed by atoms with E-state index in [1.54, 1.807) is 6.07 Å². The Balaban J connectivity index is 2.41. The van der Waals surface area contributed by atoms with E-state index in [1.165, 1.54) is 6.07 Å². The molecule has 0 aromatic heterocycles. The van der Waals surface area contributed by atoms with Crippen LogP contribution in [0.5, 0.6) is 0 Å². The fourth-order valence-corrected chi connectivity index (χ4v) is 2.92. The lowest BCUT2D eigenvalue weighted by Gasteiger charge is -2.28. The van der Waals surface area contributed by atoms with Crippen molar-refractivity contribution in [2.45, 2.75) is 26.3 Å². The summed E-state index contributed by atoms with van der Waals surface area (Å²) in [6, 6.07) is 3.18. The normalized spacial score (nSPS) is 22.8. The van der Waals surface area contributed by atoms with Gasteiger partial charge >= 0.3 is 0 Å². The van der Waals surface area contributed by atoms with Gasteiger partial charge in [-0.1, -0.05) is 18.5 Å². The average Bonchev–Trinajstić information content (AvgIpc) is 2.72. The highest BCUT2D eigenvalue weighted by Gasteiger charge is 2.32. The van der Waals surface area contributed by atoms with Crippen LogP contribution in [0.1, 0.15) is 18.9 Å². The number of nitro benzene ring substituents is 1. The summed E-state index contributed by atoms with van der Waals surface area (Å²) in [5.41, 5.74) is 1.61. The fraction of sp³-hybridized carbons (Fsp3) is 0.538. The van der Waals surface area contributed by atoms with Crippen LogP contribution in [0.25, 0.3) is 0 Å². The second kappa shape index (κ2) is 5.35. The van der Waals surface area contributed by atoms with Crippen molar-refractivity contribution in [2.24, 2.45) is 5.92 Å². The largest absolute Gasteiger partial charge is 0.394 e. The highest BCUT2D eigenvalue weighted by atomic mass is 35.5. The Hall–Kier alpha value is -1.33. The first-order chi connectivity index (χ1) is 8.95. The summed E-state index contributed by atoms with van der Waals surface area (Å²) in [4.78, 5) is 12.5. The molecule has 1 aromatic carbocycles. The van der Waals surface area contributed by atoms with Gasteiger partial charge in [-0.2, -0.15) is 0 Å². The maximum absolute atomic E-state index is 10.8. The van der Waals surface area contributed by atoms with Gasteiger partial charge in [0.1, 0.15) is 5.02 Å². The molecule has 0 amide bonds. The predicted octanol–water partition coefficient (Wildman–Crippen LogP) is 2.76. The maximum Gasteiger partial charge on any atom is 0.288 e. The summed E-state index contributed by atoms with van der Waals surface area (Å²) in [7, 11) is 0. The summed E-state index contributed by atoms with van der Waals surface area (Å²) in [6.45, 7) is 4.84. The molecule has 1 aromatic rings. The summed E-state index contributed by atoms with van der Waals surface area (Å²) in [5, 5.41) is 20.5. The van der Waals surface area contributed by atoms with Crippen LogP contribution >= 0.6 is 11.6 Å². The first kappa shape index (κ1) is 14.1. The minimum Gasteiger partial charge on any atom is -0.394 e. The lowest BCUT2D eigenvalue weighted by atomic mass is 10.0. The number of rotatable bonds is 3. The summed E-state index contributed by atoms with van der Waals surface area (Å²) < 4.78 is 0. The van der Waals surface area contributed by atoms with Gasteiger partial charge in [0.2, 0.25) is 0 Å². The molecule has 1 fully saturated rings. The van der Waals surface area contributed by atoms with Crippen LogP contribution in [0.15, 0.2) is 12.1 Å². The van der Waals surface area contributed by atoms with Crippen LogP contribution in [0, 0.1) is 23.0 Å². The first-order valence-electron chi connectivity index (χ1n) is 6.27. The number of aryl methyl sites for hydroxylation is 1. The smallest absolute Gasteiger partial charge is 0.288 e. The monoisotopic (exact) mass is 284 g/mol. The quantitative estimate of drug-likeness (QED) is 0.684. The molecule has 0 saturated carbocycles. The molecule has 2 atom stereocenters. The Bertz CT molecular complexity index is 507. The van der Waals surface area contributed by atoms with Gasteiger partial charge in [-0.3, -0.25) is 10.1 Å². The number of nitro groups is 1. The second-order valence-electron chi connectivity index (χ2n) is 5.06. The van der Waals surface area contributed by atoms with E-state index in [2.05, 4.69) is 11.8 Å². The van der Waals surface area contributed by atoms with Gasteiger partial charge < -0.3 is 10.0 Å². The summed E-state index contributed by atoms with van der Waals surface area (Å²) in [6.07, 6.45) is 0.999. The molecule has 1 N–H and O–H groups in total. The van der Waals surface area contributed by atoms with Crippen LogP contribution < -0.4 is 4.90 Å². The summed E-state index contributed by atoms with van der Waals surface area (Å²) >= 11 is 5.97. The molecule has 19 heavy (non-hydrogen) atoms. The molecule has 1 aliphatic rings. The molecule has 104 valence electrons. The van der Waals surface area contributed by atoms with E-state index in [-0.39, 0.29) is 23.4 Å². The number of aliphatic hydroxyl groups is 1. The number of anilines is 1. The van der Waals surface area contributed by atoms with Gasteiger partial charge in [0, 0.05) is 18.3 Å². The zero-order chi connectivity index (χ0) is 14.2. The molecule has 5 nitrogen and oxygen atoms in total. The standard InChI is InChI=1S/C13H17ClN2O3/c1-8-3-4-15(13(8)7-17)11-6-10(14)12(16(18)19)5-9(11)2/h5-6,8,13,17H,3-4,7H2,1-2H3. The van der Waals surface area contributed by atoms with Crippen LogP contribution in [0.3, 0.4) is 0 Å². The van der Waals surface area contributed by atoms with Gasteiger partial charge in [-0.25, -0.2) is 0 Å². The highest BCUT2D eigenvalue weighted by Crippen LogP contribution is 2.37. The second-order valence-corrected chi connectivity index (χ2v) is 5.46. The molecule has 6 heteroatoms. The Morgan fingerprint density at radius 2 is 2.26 bits per heavy atom. The molecular formula is C13H17ClN2O3. The molecule has 1 saturated heterocycles. The molecule has 0 radical (unpaired) electrons. The van der Waals surface area contributed by atoms with Gasteiger partial charge in [0.05, 0.1) is 17.6 Å². The van der Waals surface area contributed by atoms with Crippen LogP contribution in [0.2, 0.25) is 5.02 Å². The number of aliphatic hydroxyl groups excluding tert-OH is 1. The Morgan fingerprint density at radius 3 is 2.84 bits per heavy atom. The zero-order valence-electron chi connectivity index (χ0n) is 11.0. The van der Waals surface area contributed by atoms with Crippen molar-refractivity contribution in [3.63, 3.8) is 0 Å². The lowest BCUT2D eigenvalue weighted by Crippen LogP contribution is -2.35. The molecule has 0 aliphatic carbocycles. The van der Waals surface area contributed by atoms with E-state index >= 15 is 0 Å². The van der Waals surface area contributed by atoms with Crippen LogP contribution in [-0.2, 0) is 0 Å². The molecule has 2 unspecified atom stereocenters. The molecule has 1 heterocycles. The average molecular weight is 285 g/mol. The summed E-state index contributed by atoms with van der Waals surface area (Å²) in [5.74, 6) is 0.401. The topological polar surface area (TPSA) is 66.6 Å². The van der Waals surface area contributed by atoms with Gasteiger partial charge in [0.15, 0.2) is 0 Å². The van der Waals surface area contributed by atoms with Gasteiger partial charge in [-0.15, -0.1) is 0 Å². The zero-order valence-corrected chi connectivity index (χ0v) is 11.7. The first-order valence-corrected chi connectivity index (χ1v) is 6.65. The van der Waals surface area contributed by atoms with E-state index in [0.29, 0.717) is 5.92 Å². The van der Waals surface area contributed by atoms with Crippen molar-refractivity contribution in [1.82, 2.24) is 0 Å². The third-order valence-electron chi connectivity index (χ3n) is 3.84. The van der Waals surface area contributed by atoms with E-state index in [9.17, 15) is 15.2 Å². The SMILES string of the molecule is Cc1cc([N+](=O)[O-])c(Cl)cc1N1CCC(C)C1CO. The molecule has 0 spiro atoms. The number of hydrogen-bond donors (Lipinski definition) is 1. The third-order valence-corrected chi connectivity index (χ3v) is 4.14. The van der Waals surface area contributed by atoms with Crippen molar-refractivity contribution < 1.29 is 10.0 Å². The van der Waals surface area contributed by atoms with E-state index in [4.69, 9.17) is 11.6 Å². The third kappa shape index (κ3) is 2.53. The van der Waals surface area contributed by atoms with Gasteiger partial charge in [0.25, 0.3) is 5.69 Å².